The summed E-state index contributed by atoms with van der Waals surface area (Å²) in [6.07, 6.45) is 5.08. The van der Waals surface area contributed by atoms with Crippen molar-refractivity contribution in [2.24, 2.45) is 4.99 Å². The van der Waals surface area contributed by atoms with Crippen LogP contribution in [0.15, 0.2) is 41.4 Å². The molecule has 1 N–H and O–H groups in total. The zero-order valence-electron chi connectivity index (χ0n) is 13.8. The molecular weight excluding hydrogens is 310 g/mol. The lowest BCUT2D eigenvalue weighted by atomic mass is 10.00. The van der Waals surface area contributed by atoms with E-state index in [-0.39, 0.29) is 5.75 Å². The molecule has 5 nitrogen and oxygen atoms in total. The molecule has 0 bridgehead atoms. The Hall–Kier alpha value is -1.82. The fourth-order valence-corrected chi connectivity index (χ4v) is 3.31. The van der Waals surface area contributed by atoms with Crippen LogP contribution < -0.4 is 5.32 Å². The van der Waals surface area contributed by atoms with Gasteiger partial charge in [-0.2, -0.15) is 0 Å². The molecule has 1 aliphatic rings. The van der Waals surface area contributed by atoms with E-state index >= 15 is 0 Å². The molecule has 0 saturated carbocycles. The number of nitrogens with zero attached hydrogens (tertiary/aromatic N) is 2. The van der Waals surface area contributed by atoms with Crippen LogP contribution in [0.25, 0.3) is 5.57 Å². The molecule has 1 aromatic carbocycles. The van der Waals surface area contributed by atoms with Gasteiger partial charge in [-0.05, 0) is 24.0 Å². The Morgan fingerprint density at radius 3 is 2.61 bits per heavy atom. The van der Waals surface area contributed by atoms with E-state index < -0.39 is 9.84 Å². The molecular formula is C17H25N3O2S. The zero-order valence-corrected chi connectivity index (χ0v) is 14.6. The van der Waals surface area contributed by atoms with Gasteiger partial charge in [0.2, 0.25) is 0 Å². The minimum atomic E-state index is -2.89. The normalized spacial score (nSPS) is 16.2. The van der Waals surface area contributed by atoms with Crippen LogP contribution in [0.3, 0.4) is 0 Å². The fourth-order valence-electron chi connectivity index (χ4n) is 2.64. The number of hydrogen-bond acceptors (Lipinski definition) is 3. The highest BCUT2D eigenvalue weighted by Gasteiger charge is 2.15. The van der Waals surface area contributed by atoms with Gasteiger partial charge in [-0.25, -0.2) is 8.42 Å². The lowest BCUT2D eigenvalue weighted by Crippen LogP contribution is -2.44. The van der Waals surface area contributed by atoms with Gasteiger partial charge in [0.05, 0.1) is 5.75 Å². The summed E-state index contributed by atoms with van der Waals surface area (Å²) in [6.45, 7) is 2.34. The lowest BCUT2D eigenvalue weighted by molar-refractivity contribution is 0.440. The smallest absolute Gasteiger partial charge is 0.193 e. The van der Waals surface area contributed by atoms with Crippen molar-refractivity contribution >= 4 is 21.4 Å². The predicted octanol–water partition coefficient (Wildman–Crippen LogP) is 1.79. The zero-order chi connectivity index (χ0) is 16.7. The number of aliphatic imine (C=N–C) groups is 1. The molecule has 0 fully saturated rings. The molecule has 0 saturated heterocycles. The number of sulfone groups is 1. The van der Waals surface area contributed by atoms with Crippen molar-refractivity contribution in [2.45, 2.75) is 12.8 Å². The van der Waals surface area contributed by atoms with Crippen molar-refractivity contribution in [1.29, 1.82) is 0 Å². The molecule has 0 spiro atoms. The number of guanidine groups is 1. The number of rotatable bonds is 5. The maximum Gasteiger partial charge on any atom is 0.193 e. The van der Waals surface area contributed by atoms with Gasteiger partial charge >= 0.3 is 0 Å². The molecule has 6 heteroatoms. The van der Waals surface area contributed by atoms with Gasteiger partial charge in [0.15, 0.2) is 5.96 Å². The molecule has 0 aromatic heterocycles. The Bertz CT molecular complexity index is 666. The van der Waals surface area contributed by atoms with Crippen LogP contribution in [0.4, 0.5) is 0 Å². The molecule has 1 aliphatic heterocycles. The first-order chi connectivity index (χ1) is 11.0. The van der Waals surface area contributed by atoms with Crippen LogP contribution >= 0.6 is 0 Å². The summed E-state index contributed by atoms with van der Waals surface area (Å²) < 4.78 is 22.3. The van der Waals surface area contributed by atoms with Gasteiger partial charge in [0.25, 0.3) is 0 Å². The summed E-state index contributed by atoms with van der Waals surface area (Å²) in [4.78, 5) is 6.48. The summed E-state index contributed by atoms with van der Waals surface area (Å²) in [5, 5.41) is 3.25. The molecule has 0 amide bonds. The minimum absolute atomic E-state index is 0.203. The average molecular weight is 335 g/mol. The average Bonchev–Trinajstić information content (AvgIpc) is 2.55. The molecule has 126 valence electrons. The standard InChI is InChI=1S/C17H25N3O2S/c1-18-17(19-11-6-14-23(2,21)22)20-12-9-16(10-13-20)15-7-4-3-5-8-15/h3-5,7-9H,6,10-14H2,1-2H3,(H,18,19). The van der Waals surface area contributed by atoms with Gasteiger partial charge in [-0.3, -0.25) is 4.99 Å². The lowest BCUT2D eigenvalue weighted by Gasteiger charge is -2.29. The second-order valence-electron chi connectivity index (χ2n) is 5.75. The summed E-state index contributed by atoms with van der Waals surface area (Å²) in [7, 11) is -1.14. The van der Waals surface area contributed by atoms with E-state index in [1.807, 2.05) is 6.07 Å². The number of hydrogen-bond donors (Lipinski definition) is 1. The molecule has 0 radical (unpaired) electrons. The second-order valence-corrected chi connectivity index (χ2v) is 8.01. The first kappa shape index (κ1) is 17.5. The largest absolute Gasteiger partial charge is 0.356 e. The van der Waals surface area contributed by atoms with E-state index in [1.165, 1.54) is 17.4 Å². The Labute approximate surface area is 139 Å². The molecule has 23 heavy (non-hydrogen) atoms. The van der Waals surface area contributed by atoms with Crippen LogP contribution in [0, 0.1) is 0 Å². The molecule has 0 atom stereocenters. The van der Waals surface area contributed by atoms with Crippen LogP contribution in [-0.2, 0) is 9.84 Å². The fraction of sp³-hybridized carbons (Fsp3) is 0.471. The van der Waals surface area contributed by atoms with Crippen molar-refractivity contribution < 1.29 is 8.42 Å². The van der Waals surface area contributed by atoms with Crippen molar-refractivity contribution in [1.82, 2.24) is 10.2 Å². The highest BCUT2D eigenvalue weighted by atomic mass is 32.2. The van der Waals surface area contributed by atoms with Crippen LogP contribution in [0.5, 0.6) is 0 Å². The first-order valence-electron chi connectivity index (χ1n) is 7.87. The highest BCUT2D eigenvalue weighted by Crippen LogP contribution is 2.21. The summed E-state index contributed by atoms with van der Waals surface area (Å²) >= 11 is 0. The van der Waals surface area contributed by atoms with Gasteiger partial charge < -0.3 is 10.2 Å². The monoisotopic (exact) mass is 335 g/mol. The van der Waals surface area contributed by atoms with Crippen LogP contribution in [0.1, 0.15) is 18.4 Å². The van der Waals surface area contributed by atoms with Crippen molar-refractivity contribution in [2.75, 3.05) is 38.7 Å². The SMILES string of the molecule is CN=C(NCCCS(C)(=O)=O)N1CC=C(c2ccccc2)CC1. The van der Waals surface area contributed by atoms with Crippen LogP contribution in [-0.4, -0.2) is 58.0 Å². The summed E-state index contributed by atoms with van der Waals surface area (Å²) in [5.74, 6) is 1.04. The van der Waals surface area contributed by atoms with E-state index in [9.17, 15) is 8.42 Å². The van der Waals surface area contributed by atoms with Gasteiger partial charge in [-0.1, -0.05) is 36.4 Å². The Balaban J connectivity index is 1.86. The first-order valence-corrected chi connectivity index (χ1v) is 9.93. The molecule has 0 aliphatic carbocycles. The van der Waals surface area contributed by atoms with E-state index in [4.69, 9.17) is 0 Å². The third-order valence-corrected chi connectivity index (χ3v) is 4.87. The van der Waals surface area contributed by atoms with Gasteiger partial charge in [-0.15, -0.1) is 0 Å². The van der Waals surface area contributed by atoms with E-state index in [0.29, 0.717) is 13.0 Å². The summed E-state index contributed by atoms with van der Waals surface area (Å²) in [5.41, 5.74) is 2.65. The molecule has 2 rings (SSSR count). The predicted molar refractivity (Wildman–Crippen MR) is 96.3 cm³/mol. The second kappa shape index (κ2) is 8.15. The van der Waals surface area contributed by atoms with E-state index in [1.54, 1.807) is 7.05 Å². The van der Waals surface area contributed by atoms with E-state index in [2.05, 4.69) is 45.6 Å². The minimum Gasteiger partial charge on any atom is -0.356 e. The quantitative estimate of drug-likeness (QED) is 0.506. The topological polar surface area (TPSA) is 61.8 Å². The Kier molecular flexibility index (Phi) is 6.21. The van der Waals surface area contributed by atoms with Gasteiger partial charge in [0.1, 0.15) is 9.84 Å². The molecule has 0 unspecified atom stereocenters. The third kappa shape index (κ3) is 5.71. The number of benzene rings is 1. The highest BCUT2D eigenvalue weighted by molar-refractivity contribution is 7.90. The van der Waals surface area contributed by atoms with E-state index in [0.717, 1.165) is 25.5 Å². The molecule has 1 heterocycles. The Morgan fingerprint density at radius 2 is 2.04 bits per heavy atom. The van der Waals surface area contributed by atoms with Crippen molar-refractivity contribution in [3.05, 3.63) is 42.0 Å². The maximum atomic E-state index is 11.1. The summed E-state index contributed by atoms with van der Waals surface area (Å²) in [6, 6.07) is 10.4. The third-order valence-electron chi connectivity index (χ3n) is 3.84. The van der Waals surface area contributed by atoms with Crippen LogP contribution in [0.2, 0.25) is 0 Å². The molecule has 1 aromatic rings. The maximum absolute atomic E-state index is 11.1. The Morgan fingerprint density at radius 1 is 1.30 bits per heavy atom. The number of nitrogens with one attached hydrogen (secondary N) is 1. The van der Waals surface area contributed by atoms with Crippen molar-refractivity contribution in [3.63, 3.8) is 0 Å². The van der Waals surface area contributed by atoms with Gasteiger partial charge in [0, 0.05) is 32.9 Å². The van der Waals surface area contributed by atoms with Crippen molar-refractivity contribution in [3.8, 4) is 0 Å².